The number of nitrogens with zero attached hydrogens (tertiary/aromatic N) is 1. The lowest BCUT2D eigenvalue weighted by Crippen LogP contribution is -2.59. The van der Waals surface area contributed by atoms with Crippen molar-refractivity contribution in [2.45, 2.75) is 44.7 Å². The van der Waals surface area contributed by atoms with Crippen LogP contribution in [0.25, 0.3) is 0 Å². The first-order chi connectivity index (χ1) is 5.61. The average molecular weight is 170 g/mol. The van der Waals surface area contributed by atoms with Crippen molar-refractivity contribution in [1.82, 2.24) is 4.90 Å². The van der Waals surface area contributed by atoms with Crippen LogP contribution < -0.4 is 5.73 Å². The molecule has 2 heteroatoms. The summed E-state index contributed by atoms with van der Waals surface area (Å²) in [5, 5.41) is 0. The molecular formula is C10H22N2. The van der Waals surface area contributed by atoms with Crippen LogP contribution in [0, 0.1) is 5.92 Å². The minimum atomic E-state index is -0.0208. The Hall–Kier alpha value is -0.0800. The molecular weight excluding hydrogens is 148 g/mol. The van der Waals surface area contributed by atoms with Crippen LogP contribution in [0.1, 0.15) is 39.0 Å². The minimum Gasteiger partial charge on any atom is -0.313 e. The van der Waals surface area contributed by atoms with Crippen LogP contribution in [0.4, 0.5) is 0 Å². The van der Waals surface area contributed by atoms with Crippen LogP contribution in [0.5, 0.6) is 0 Å². The zero-order valence-electron chi connectivity index (χ0n) is 8.64. The van der Waals surface area contributed by atoms with Crippen molar-refractivity contribution in [3.05, 3.63) is 0 Å². The first-order valence-corrected chi connectivity index (χ1v) is 5.07. The standard InChI is InChI=1S/C10H22N2/c1-4-9-7-5-6-8-10(9,11)12(2)3/h9H,4-8,11H2,1-3H3. The van der Waals surface area contributed by atoms with Gasteiger partial charge >= 0.3 is 0 Å². The first kappa shape index (κ1) is 10.0. The highest BCUT2D eigenvalue weighted by Gasteiger charge is 2.37. The Labute approximate surface area is 76.1 Å². The Morgan fingerprint density at radius 1 is 1.42 bits per heavy atom. The van der Waals surface area contributed by atoms with Gasteiger partial charge in [-0.2, -0.15) is 0 Å². The van der Waals surface area contributed by atoms with Gasteiger partial charge in [0.15, 0.2) is 0 Å². The van der Waals surface area contributed by atoms with E-state index in [0.29, 0.717) is 5.92 Å². The molecule has 1 saturated carbocycles. The van der Waals surface area contributed by atoms with E-state index in [1.165, 1.54) is 32.1 Å². The fourth-order valence-corrected chi connectivity index (χ4v) is 2.40. The summed E-state index contributed by atoms with van der Waals surface area (Å²) in [7, 11) is 4.21. The van der Waals surface area contributed by atoms with E-state index >= 15 is 0 Å². The van der Waals surface area contributed by atoms with Crippen LogP contribution in [-0.4, -0.2) is 24.7 Å². The Kier molecular flexibility index (Phi) is 3.13. The molecule has 0 saturated heterocycles. The van der Waals surface area contributed by atoms with Gasteiger partial charge in [0, 0.05) is 0 Å². The van der Waals surface area contributed by atoms with Crippen molar-refractivity contribution in [2.75, 3.05) is 14.1 Å². The molecule has 12 heavy (non-hydrogen) atoms. The summed E-state index contributed by atoms with van der Waals surface area (Å²) < 4.78 is 0. The molecule has 1 aliphatic carbocycles. The molecule has 2 atom stereocenters. The maximum Gasteiger partial charge on any atom is 0.0711 e. The van der Waals surface area contributed by atoms with Crippen molar-refractivity contribution in [3.8, 4) is 0 Å². The smallest absolute Gasteiger partial charge is 0.0711 e. The van der Waals surface area contributed by atoms with E-state index in [2.05, 4.69) is 25.9 Å². The van der Waals surface area contributed by atoms with Gasteiger partial charge in [0.05, 0.1) is 5.66 Å². The van der Waals surface area contributed by atoms with E-state index in [4.69, 9.17) is 5.73 Å². The van der Waals surface area contributed by atoms with Crippen LogP contribution in [-0.2, 0) is 0 Å². The molecule has 0 aromatic heterocycles. The van der Waals surface area contributed by atoms with Gasteiger partial charge in [0.25, 0.3) is 0 Å². The van der Waals surface area contributed by atoms with Gasteiger partial charge in [0.2, 0.25) is 0 Å². The van der Waals surface area contributed by atoms with Gasteiger partial charge in [0.1, 0.15) is 0 Å². The molecule has 0 radical (unpaired) electrons. The van der Waals surface area contributed by atoms with Gasteiger partial charge in [-0.1, -0.05) is 26.2 Å². The van der Waals surface area contributed by atoms with Crippen LogP contribution in [0.3, 0.4) is 0 Å². The summed E-state index contributed by atoms with van der Waals surface area (Å²) in [6, 6.07) is 0. The predicted octanol–water partition coefficient (Wildman–Crippen LogP) is 1.80. The lowest BCUT2D eigenvalue weighted by atomic mass is 9.77. The predicted molar refractivity (Wildman–Crippen MR) is 52.9 cm³/mol. The van der Waals surface area contributed by atoms with Crippen molar-refractivity contribution >= 4 is 0 Å². The summed E-state index contributed by atoms with van der Waals surface area (Å²) in [4.78, 5) is 2.21. The van der Waals surface area contributed by atoms with Crippen LogP contribution in [0.2, 0.25) is 0 Å². The van der Waals surface area contributed by atoms with E-state index in [1.807, 2.05) is 0 Å². The van der Waals surface area contributed by atoms with E-state index in [9.17, 15) is 0 Å². The highest BCUT2D eigenvalue weighted by atomic mass is 15.2. The van der Waals surface area contributed by atoms with Gasteiger partial charge in [-0.3, -0.25) is 4.90 Å². The van der Waals surface area contributed by atoms with Crippen LogP contribution >= 0.6 is 0 Å². The third kappa shape index (κ3) is 1.64. The quantitative estimate of drug-likeness (QED) is 0.640. The molecule has 2 N–H and O–H groups in total. The normalized spacial score (nSPS) is 37.2. The monoisotopic (exact) mass is 170 g/mol. The zero-order valence-corrected chi connectivity index (χ0v) is 8.64. The molecule has 1 fully saturated rings. The van der Waals surface area contributed by atoms with Crippen LogP contribution in [0.15, 0.2) is 0 Å². The highest BCUT2D eigenvalue weighted by molar-refractivity contribution is 4.91. The molecule has 0 amide bonds. The SMILES string of the molecule is CCC1CCCCC1(N)N(C)C. The number of hydrogen-bond donors (Lipinski definition) is 1. The lowest BCUT2D eigenvalue weighted by molar-refractivity contribution is 0.0406. The topological polar surface area (TPSA) is 29.3 Å². The van der Waals surface area contributed by atoms with Gasteiger partial charge < -0.3 is 5.73 Å². The van der Waals surface area contributed by atoms with E-state index in [1.54, 1.807) is 0 Å². The van der Waals surface area contributed by atoms with Crippen molar-refractivity contribution < 1.29 is 0 Å². The Morgan fingerprint density at radius 2 is 2.08 bits per heavy atom. The second-order valence-corrected chi connectivity index (χ2v) is 4.24. The number of nitrogens with two attached hydrogens (primary N) is 1. The molecule has 0 bridgehead atoms. The van der Waals surface area contributed by atoms with E-state index < -0.39 is 0 Å². The van der Waals surface area contributed by atoms with E-state index in [0.717, 1.165) is 0 Å². The number of rotatable bonds is 2. The average Bonchev–Trinajstić information content (AvgIpc) is 2.05. The summed E-state index contributed by atoms with van der Waals surface area (Å²) in [6.07, 6.45) is 6.36. The maximum absolute atomic E-state index is 6.38. The fraction of sp³-hybridized carbons (Fsp3) is 1.00. The molecule has 0 aliphatic heterocycles. The molecule has 0 spiro atoms. The second kappa shape index (κ2) is 3.75. The van der Waals surface area contributed by atoms with Gasteiger partial charge in [-0.25, -0.2) is 0 Å². The summed E-state index contributed by atoms with van der Waals surface area (Å²) in [5.41, 5.74) is 6.36. The number of hydrogen-bond acceptors (Lipinski definition) is 2. The Bertz CT molecular complexity index is 145. The van der Waals surface area contributed by atoms with Crippen molar-refractivity contribution in [1.29, 1.82) is 0 Å². The first-order valence-electron chi connectivity index (χ1n) is 5.07. The Balaban J connectivity index is 2.68. The Morgan fingerprint density at radius 3 is 2.50 bits per heavy atom. The molecule has 0 aromatic rings. The van der Waals surface area contributed by atoms with Crippen molar-refractivity contribution in [2.24, 2.45) is 11.7 Å². The molecule has 1 rings (SSSR count). The third-order valence-electron chi connectivity index (χ3n) is 3.41. The van der Waals surface area contributed by atoms with Gasteiger partial charge in [-0.05, 0) is 32.9 Å². The molecule has 1 aliphatic rings. The zero-order chi connectivity index (χ0) is 9.19. The molecule has 72 valence electrons. The van der Waals surface area contributed by atoms with E-state index in [-0.39, 0.29) is 5.66 Å². The van der Waals surface area contributed by atoms with Gasteiger partial charge in [-0.15, -0.1) is 0 Å². The highest BCUT2D eigenvalue weighted by Crippen LogP contribution is 2.34. The largest absolute Gasteiger partial charge is 0.313 e. The fourth-order valence-electron chi connectivity index (χ4n) is 2.40. The molecule has 0 aromatic carbocycles. The molecule has 0 heterocycles. The summed E-state index contributed by atoms with van der Waals surface area (Å²) in [5.74, 6) is 0.696. The third-order valence-corrected chi connectivity index (χ3v) is 3.41. The summed E-state index contributed by atoms with van der Waals surface area (Å²) in [6.45, 7) is 2.25. The van der Waals surface area contributed by atoms with Crippen molar-refractivity contribution in [3.63, 3.8) is 0 Å². The minimum absolute atomic E-state index is 0.0208. The maximum atomic E-state index is 6.38. The molecule has 2 nitrogen and oxygen atoms in total. The molecule has 2 unspecified atom stereocenters. The summed E-state index contributed by atoms with van der Waals surface area (Å²) >= 11 is 0. The lowest BCUT2D eigenvalue weighted by Gasteiger charge is -2.45. The second-order valence-electron chi connectivity index (χ2n) is 4.24.